The minimum Gasteiger partial charge on any atom is -1.00 e. The summed E-state index contributed by atoms with van der Waals surface area (Å²) in [7, 11) is 0. The van der Waals surface area contributed by atoms with E-state index in [2.05, 4.69) is 174 Å². The molecule has 0 fully saturated rings. The van der Waals surface area contributed by atoms with E-state index in [0.29, 0.717) is 0 Å². The Balaban J connectivity index is 0.000000192. The zero-order valence-electron chi connectivity index (χ0n) is 29.2. The number of rotatable bonds is 3. The normalized spacial score (nSPS) is 10.5. The first-order valence-electron chi connectivity index (χ1n) is 16.6. The Morgan fingerprint density at radius 3 is 1.43 bits per heavy atom. The van der Waals surface area contributed by atoms with Gasteiger partial charge in [0.05, 0.1) is 0 Å². The summed E-state index contributed by atoms with van der Waals surface area (Å²) in [6.07, 6.45) is 1.09. The van der Waals surface area contributed by atoms with Crippen LogP contribution in [0.3, 0.4) is 0 Å². The van der Waals surface area contributed by atoms with Crippen LogP contribution < -0.4 is 24.8 Å². The van der Waals surface area contributed by atoms with E-state index in [9.17, 15) is 0 Å². The van der Waals surface area contributed by atoms with Crippen LogP contribution in [0.15, 0.2) is 133 Å². The van der Waals surface area contributed by atoms with Gasteiger partial charge in [-0.2, -0.15) is 12.1 Å². The zero-order chi connectivity index (χ0) is 33.1. The summed E-state index contributed by atoms with van der Waals surface area (Å²) in [5.41, 5.74) is 11.0. The molecule has 0 spiro atoms. The maximum atomic E-state index is 2.35. The Morgan fingerprint density at radius 1 is 0.510 bits per heavy atom. The van der Waals surface area contributed by atoms with Crippen LogP contribution in [0.2, 0.25) is 13.1 Å². The largest absolute Gasteiger partial charge is 1.00 e. The van der Waals surface area contributed by atoms with Gasteiger partial charge in [0, 0.05) is 0 Å². The van der Waals surface area contributed by atoms with Crippen molar-refractivity contribution in [2.24, 2.45) is 0 Å². The van der Waals surface area contributed by atoms with Crippen LogP contribution in [0.1, 0.15) is 29.2 Å². The smallest absolute Gasteiger partial charge is 0.0114 e. The number of hydrogen-bond acceptors (Lipinski definition) is 0. The van der Waals surface area contributed by atoms with Crippen molar-refractivity contribution in [1.82, 2.24) is 0 Å². The molecule has 0 atom stereocenters. The molecule has 4 heteroatoms. The van der Waals surface area contributed by atoms with Gasteiger partial charge >= 0.3 is 41.9 Å². The molecule has 0 bridgehead atoms. The van der Waals surface area contributed by atoms with Crippen LogP contribution in [0.25, 0.3) is 65.3 Å². The summed E-state index contributed by atoms with van der Waals surface area (Å²) in [6.45, 7) is 13.4. The molecule has 0 nitrogen and oxygen atoms in total. The van der Waals surface area contributed by atoms with Gasteiger partial charge in [-0.3, -0.25) is 0 Å². The van der Waals surface area contributed by atoms with E-state index < -0.39 is 0 Å². The van der Waals surface area contributed by atoms with E-state index in [0.717, 1.165) is 6.42 Å². The maximum Gasteiger partial charge on any atom is -0.0114 e. The number of aryl methyl sites for hydroxylation is 4. The fraction of sp³-hybridized carbons (Fsp3) is 0.156. The quantitative estimate of drug-likeness (QED) is 0.134. The van der Waals surface area contributed by atoms with Gasteiger partial charge in [-0.1, -0.05) is 133 Å². The first-order valence-corrected chi connectivity index (χ1v) is 22.8. The van der Waals surface area contributed by atoms with Gasteiger partial charge in [0.2, 0.25) is 0 Å². The van der Waals surface area contributed by atoms with Gasteiger partial charge in [0.15, 0.2) is 0 Å². The number of hydrogen-bond donors (Lipinski definition) is 0. The summed E-state index contributed by atoms with van der Waals surface area (Å²) < 4.78 is 0. The first kappa shape index (κ1) is 38.5. The Hall–Kier alpha value is -3.26. The van der Waals surface area contributed by atoms with Crippen molar-refractivity contribution in [3.05, 3.63) is 156 Å². The molecular formula is C45H42Cl2SiZr-2. The minimum atomic E-state index is 0. The van der Waals surface area contributed by atoms with Crippen molar-refractivity contribution in [2.75, 3.05) is 0 Å². The van der Waals surface area contributed by atoms with Crippen molar-refractivity contribution in [1.29, 1.82) is 0 Å². The molecule has 49 heavy (non-hydrogen) atoms. The fourth-order valence-corrected chi connectivity index (χ4v) is 6.72. The van der Waals surface area contributed by atoms with E-state index in [1.54, 1.807) is 23.3 Å². The van der Waals surface area contributed by atoms with E-state index in [4.69, 9.17) is 0 Å². The average molecular weight is 773 g/mol. The summed E-state index contributed by atoms with van der Waals surface area (Å²) >= 11 is 1.74. The molecule has 0 radical (unpaired) electrons. The molecule has 0 aliphatic heterocycles. The SMILES string of the molecule is CCc1cc2c(-c3cccc4ccccc34)cc(C)cc2[cH-]1.C[Si](C)=[Zr+2].Cc1cc(-c2cccc3ccccc23)c2cc(C)[cH-]c2c1.[Cl-].[Cl-]. The van der Waals surface area contributed by atoms with Crippen molar-refractivity contribution >= 4 is 48.5 Å². The molecule has 0 aromatic heterocycles. The average Bonchev–Trinajstić information content (AvgIpc) is 3.65. The van der Waals surface area contributed by atoms with Gasteiger partial charge < -0.3 is 24.8 Å². The first-order chi connectivity index (χ1) is 22.7. The predicted molar refractivity (Wildman–Crippen MR) is 206 cm³/mol. The standard InChI is InChI=1S/C22H19.C21H17.C2H6Si.2ClH.Zr/c1-3-16-13-18-11-15(2)12-22(21(18)14-16)20-10-6-8-17-7-4-5-9-19(17)20;1-14-10-17-11-15(2)13-21(20(17)12-14)19-9-5-7-16-6-3-4-8-18(16)19;1-3-2;;;/h4-14H,3H2,1-2H3;3-13H,1-2H3;1-2H3;2*1H;/q2*-1;;;;+2/p-2. The third kappa shape index (κ3) is 8.73. The predicted octanol–water partition coefficient (Wildman–Crippen LogP) is 7.04. The second-order valence-electron chi connectivity index (χ2n) is 12.9. The molecule has 0 amide bonds. The van der Waals surface area contributed by atoms with Crippen molar-refractivity contribution in [2.45, 2.75) is 47.2 Å². The fourth-order valence-electron chi connectivity index (χ4n) is 6.72. The summed E-state index contributed by atoms with van der Waals surface area (Å²) in [5.74, 6) is 0. The molecule has 0 saturated heterocycles. The molecule has 0 unspecified atom stereocenters. The molecule has 0 aliphatic rings. The third-order valence-corrected chi connectivity index (χ3v) is 8.71. The molecule has 8 aromatic rings. The second kappa shape index (κ2) is 17.1. The molecular weight excluding hydrogens is 731 g/mol. The Labute approximate surface area is 319 Å². The van der Waals surface area contributed by atoms with E-state index in [1.165, 1.54) is 87.6 Å². The number of benzene rings is 6. The zero-order valence-corrected chi connectivity index (χ0v) is 34.1. The van der Waals surface area contributed by atoms with Crippen molar-refractivity contribution in [3.63, 3.8) is 0 Å². The van der Waals surface area contributed by atoms with Crippen LogP contribution in [0.5, 0.6) is 0 Å². The van der Waals surface area contributed by atoms with Gasteiger partial charge in [0.25, 0.3) is 0 Å². The van der Waals surface area contributed by atoms with Gasteiger partial charge in [-0.15, -0.1) is 56.9 Å². The topological polar surface area (TPSA) is 0 Å². The van der Waals surface area contributed by atoms with Crippen LogP contribution in [0, 0.1) is 20.8 Å². The maximum absolute atomic E-state index is 2.35. The van der Waals surface area contributed by atoms with Gasteiger partial charge in [-0.25, -0.2) is 0 Å². The van der Waals surface area contributed by atoms with Crippen molar-refractivity contribution < 1.29 is 48.1 Å². The van der Waals surface area contributed by atoms with E-state index in [1.807, 2.05) is 0 Å². The monoisotopic (exact) mass is 770 g/mol. The van der Waals surface area contributed by atoms with Gasteiger partial charge in [-0.05, 0) is 52.9 Å². The van der Waals surface area contributed by atoms with E-state index in [-0.39, 0.29) is 30.2 Å². The molecule has 8 aromatic carbocycles. The second-order valence-corrected chi connectivity index (χ2v) is 22.3. The molecule has 0 aliphatic carbocycles. The van der Waals surface area contributed by atoms with Crippen LogP contribution in [0.4, 0.5) is 0 Å². The van der Waals surface area contributed by atoms with Gasteiger partial charge in [0.1, 0.15) is 0 Å². The number of halogens is 2. The molecule has 0 saturated carbocycles. The van der Waals surface area contributed by atoms with Crippen molar-refractivity contribution in [3.8, 4) is 22.3 Å². The summed E-state index contributed by atoms with van der Waals surface area (Å²) in [6, 6.07) is 48.9. The Kier molecular flexibility index (Phi) is 13.5. The third-order valence-electron chi connectivity index (χ3n) is 8.71. The van der Waals surface area contributed by atoms with Crippen LogP contribution in [-0.2, 0) is 29.8 Å². The Bertz CT molecular complexity index is 2360. The minimum absolute atomic E-state index is 0. The summed E-state index contributed by atoms with van der Waals surface area (Å²) in [4.78, 5) is 0. The Morgan fingerprint density at radius 2 is 0.939 bits per heavy atom. The molecule has 246 valence electrons. The van der Waals surface area contributed by atoms with E-state index >= 15 is 0 Å². The van der Waals surface area contributed by atoms with Crippen LogP contribution in [-0.4, -0.2) is 5.43 Å². The molecule has 0 N–H and O–H groups in total. The molecule has 8 rings (SSSR count). The summed E-state index contributed by atoms with van der Waals surface area (Å²) in [5, 5.41) is 10.7. The molecule has 0 heterocycles. The van der Waals surface area contributed by atoms with Crippen LogP contribution >= 0.6 is 0 Å². The number of fused-ring (bicyclic) bond motifs is 4.